The fourth-order valence-corrected chi connectivity index (χ4v) is 3.12. The largest absolute Gasteiger partial charge is 0.378 e. The lowest BCUT2D eigenvalue weighted by Gasteiger charge is -2.12. The second kappa shape index (κ2) is 6.40. The van der Waals surface area contributed by atoms with Crippen LogP contribution in [0.2, 0.25) is 0 Å². The molecule has 0 fully saturated rings. The number of para-hydroxylation sites is 2. The summed E-state index contributed by atoms with van der Waals surface area (Å²) in [6, 6.07) is 25.2. The summed E-state index contributed by atoms with van der Waals surface area (Å²) in [5, 5.41) is 2.37. The molecule has 0 aliphatic rings. The molecule has 4 rings (SSSR count). The highest BCUT2D eigenvalue weighted by atomic mass is 15.1. The first-order valence-corrected chi connectivity index (χ1v) is 8.45. The minimum absolute atomic E-state index is 1.03. The lowest BCUT2D eigenvalue weighted by molar-refractivity contribution is 1.13. The minimum Gasteiger partial charge on any atom is -0.378 e. The summed E-state index contributed by atoms with van der Waals surface area (Å²) in [4.78, 5) is 6.89. The van der Waals surface area contributed by atoms with Crippen molar-refractivity contribution in [3.63, 3.8) is 0 Å². The molecular weight excluding hydrogens is 304 g/mol. The number of pyridine rings is 1. The fourth-order valence-electron chi connectivity index (χ4n) is 3.12. The number of fused-ring (bicyclic) bond motifs is 2. The first-order valence-electron chi connectivity index (χ1n) is 8.45. The molecule has 1 heterocycles. The van der Waals surface area contributed by atoms with Crippen LogP contribution < -0.4 is 4.90 Å². The maximum atomic E-state index is 4.78. The van der Waals surface area contributed by atoms with E-state index in [9.17, 15) is 0 Å². The zero-order valence-electron chi connectivity index (χ0n) is 14.5. The van der Waals surface area contributed by atoms with Gasteiger partial charge in [0.1, 0.15) is 0 Å². The Balaban J connectivity index is 1.84. The molecule has 0 atom stereocenters. The third-order valence-electron chi connectivity index (χ3n) is 4.48. The Labute approximate surface area is 148 Å². The van der Waals surface area contributed by atoms with Crippen molar-refractivity contribution in [3.05, 3.63) is 83.9 Å². The smallest absolute Gasteiger partial charge is 0.0715 e. The van der Waals surface area contributed by atoms with Gasteiger partial charge in [0.2, 0.25) is 0 Å². The van der Waals surface area contributed by atoms with Crippen LogP contribution >= 0.6 is 0 Å². The standard InChI is InChI=1S/C23H20N2/c1-25(2)18-14-11-17(12-15-18)13-16-19-20-7-3-5-9-22(20)24-23-10-6-4-8-21(19)23/h3-16H,1-2H3/b16-13+. The van der Waals surface area contributed by atoms with Gasteiger partial charge in [0, 0.05) is 30.6 Å². The summed E-state index contributed by atoms with van der Waals surface area (Å²) < 4.78 is 0. The van der Waals surface area contributed by atoms with Crippen molar-refractivity contribution < 1.29 is 0 Å². The first-order chi connectivity index (χ1) is 12.2. The Morgan fingerprint density at radius 1 is 0.680 bits per heavy atom. The zero-order valence-corrected chi connectivity index (χ0v) is 14.5. The molecule has 4 aromatic rings. The maximum Gasteiger partial charge on any atom is 0.0715 e. The van der Waals surface area contributed by atoms with Crippen molar-refractivity contribution in [1.29, 1.82) is 0 Å². The molecule has 3 aromatic carbocycles. The highest BCUT2D eigenvalue weighted by Crippen LogP contribution is 2.27. The quantitative estimate of drug-likeness (QED) is 0.454. The van der Waals surface area contributed by atoms with E-state index < -0.39 is 0 Å². The van der Waals surface area contributed by atoms with E-state index in [1.54, 1.807) is 0 Å². The van der Waals surface area contributed by atoms with Crippen LogP contribution in [0.5, 0.6) is 0 Å². The highest BCUT2D eigenvalue weighted by molar-refractivity contribution is 6.04. The van der Waals surface area contributed by atoms with Gasteiger partial charge in [0.15, 0.2) is 0 Å². The summed E-state index contributed by atoms with van der Waals surface area (Å²) in [7, 11) is 4.11. The van der Waals surface area contributed by atoms with Crippen molar-refractivity contribution in [3.8, 4) is 0 Å². The van der Waals surface area contributed by atoms with Crippen LogP contribution in [-0.4, -0.2) is 19.1 Å². The van der Waals surface area contributed by atoms with E-state index in [0.29, 0.717) is 0 Å². The van der Waals surface area contributed by atoms with E-state index in [1.165, 1.54) is 27.6 Å². The molecule has 0 spiro atoms. The molecule has 2 nitrogen and oxygen atoms in total. The van der Waals surface area contributed by atoms with E-state index in [2.05, 4.69) is 91.8 Å². The van der Waals surface area contributed by atoms with E-state index >= 15 is 0 Å². The third-order valence-corrected chi connectivity index (χ3v) is 4.48. The van der Waals surface area contributed by atoms with Crippen molar-refractivity contribution in [2.75, 3.05) is 19.0 Å². The Morgan fingerprint density at radius 3 is 1.80 bits per heavy atom. The average Bonchev–Trinajstić information content (AvgIpc) is 2.65. The van der Waals surface area contributed by atoms with Gasteiger partial charge < -0.3 is 4.90 Å². The Kier molecular flexibility index (Phi) is 3.95. The van der Waals surface area contributed by atoms with Crippen molar-refractivity contribution in [2.45, 2.75) is 0 Å². The molecular formula is C23H20N2. The summed E-state index contributed by atoms with van der Waals surface area (Å²) in [6.45, 7) is 0. The lowest BCUT2D eigenvalue weighted by Crippen LogP contribution is -2.07. The van der Waals surface area contributed by atoms with Gasteiger partial charge in [-0.2, -0.15) is 0 Å². The van der Waals surface area contributed by atoms with E-state index in [1.807, 2.05) is 12.1 Å². The molecule has 122 valence electrons. The van der Waals surface area contributed by atoms with Crippen LogP contribution in [0.15, 0.2) is 72.8 Å². The number of hydrogen-bond acceptors (Lipinski definition) is 2. The summed E-state index contributed by atoms with van der Waals surface area (Å²) in [6.07, 6.45) is 4.38. The number of hydrogen-bond donors (Lipinski definition) is 0. The van der Waals surface area contributed by atoms with Crippen molar-refractivity contribution in [2.24, 2.45) is 0 Å². The SMILES string of the molecule is CN(C)c1ccc(/C=C/c2c3ccccc3nc3ccccc23)cc1. The highest BCUT2D eigenvalue weighted by Gasteiger charge is 2.06. The minimum atomic E-state index is 1.03. The molecule has 0 aliphatic carbocycles. The normalized spacial score (nSPS) is 11.4. The van der Waals surface area contributed by atoms with Crippen LogP contribution in [0, 0.1) is 0 Å². The van der Waals surface area contributed by atoms with Crippen molar-refractivity contribution >= 4 is 39.6 Å². The number of rotatable bonds is 3. The molecule has 0 radical (unpaired) electrons. The van der Waals surface area contributed by atoms with Gasteiger partial charge in [-0.15, -0.1) is 0 Å². The molecule has 2 heteroatoms. The average molecular weight is 324 g/mol. The molecule has 0 saturated carbocycles. The van der Waals surface area contributed by atoms with Gasteiger partial charge in [0.25, 0.3) is 0 Å². The van der Waals surface area contributed by atoms with Crippen LogP contribution in [0.1, 0.15) is 11.1 Å². The fraction of sp³-hybridized carbons (Fsp3) is 0.0870. The van der Waals surface area contributed by atoms with Gasteiger partial charge in [0.05, 0.1) is 11.0 Å². The first kappa shape index (κ1) is 15.4. The third kappa shape index (κ3) is 2.99. The van der Waals surface area contributed by atoms with Crippen LogP contribution in [0.25, 0.3) is 34.0 Å². The predicted molar refractivity (Wildman–Crippen MR) is 109 cm³/mol. The Bertz CT molecular complexity index is 1010. The summed E-state index contributed by atoms with van der Waals surface area (Å²) in [5.74, 6) is 0. The van der Waals surface area contributed by atoms with Gasteiger partial charge >= 0.3 is 0 Å². The summed E-state index contributed by atoms with van der Waals surface area (Å²) >= 11 is 0. The maximum absolute atomic E-state index is 4.78. The molecule has 0 N–H and O–H groups in total. The van der Waals surface area contributed by atoms with E-state index in [-0.39, 0.29) is 0 Å². The molecule has 0 saturated heterocycles. The number of aromatic nitrogens is 1. The van der Waals surface area contributed by atoms with E-state index in [4.69, 9.17) is 4.98 Å². The van der Waals surface area contributed by atoms with Crippen molar-refractivity contribution in [1.82, 2.24) is 4.98 Å². The van der Waals surface area contributed by atoms with Crippen LogP contribution in [0.3, 0.4) is 0 Å². The zero-order chi connectivity index (χ0) is 17.2. The number of anilines is 1. The van der Waals surface area contributed by atoms with Gasteiger partial charge in [-0.05, 0) is 35.4 Å². The monoisotopic (exact) mass is 324 g/mol. The lowest BCUT2D eigenvalue weighted by atomic mass is 10.0. The Hall–Kier alpha value is -3.13. The topological polar surface area (TPSA) is 16.1 Å². The molecule has 0 unspecified atom stereocenters. The predicted octanol–water partition coefficient (Wildman–Crippen LogP) is 5.62. The van der Waals surface area contributed by atoms with Gasteiger partial charge in [-0.3, -0.25) is 0 Å². The molecule has 0 bridgehead atoms. The summed E-state index contributed by atoms with van der Waals surface area (Å²) in [5.41, 5.74) is 5.68. The molecule has 25 heavy (non-hydrogen) atoms. The second-order valence-corrected chi connectivity index (χ2v) is 6.38. The van der Waals surface area contributed by atoms with Crippen LogP contribution in [-0.2, 0) is 0 Å². The van der Waals surface area contributed by atoms with E-state index in [0.717, 1.165) is 11.0 Å². The number of nitrogens with zero attached hydrogens (tertiary/aromatic N) is 2. The van der Waals surface area contributed by atoms with Gasteiger partial charge in [-0.1, -0.05) is 60.7 Å². The second-order valence-electron chi connectivity index (χ2n) is 6.38. The van der Waals surface area contributed by atoms with Crippen LogP contribution in [0.4, 0.5) is 5.69 Å². The Morgan fingerprint density at radius 2 is 1.24 bits per heavy atom. The molecule has 0 aliphatic heterocycles. The molecule has 0 amide bonds. The van der Waals surface area contributed by atoms with Gasteiger partial charge in [-0.25, -0.2) is 4.98 Å². The molecule has 1 aromatic heterocycles. The number of benzene rings is 3.